The van der Waals surface area contributed by atoms with Gasteiger partial charge in [0, 0.05) is 32.9 Å². The molecule has 154 valence electrons. The number of benzene rings is 1. The topological polar surface area (TPSA) is 54.9 Å². The number of hydrogen-bond acceptors (Lipinski definition) is 3. The summed E-state index contributed by atoms with van der Waals surface area (Å²) < 4.78 is 36.7. The van der Waals surface area contributed by atoms with Crippen molar-refractivity contribution in [2.45, 2.75) is 32.6 Å². The molecule has 0 bridgehead atoms. The molecule has 1 aromatic rings. The third-order valence-electron chi connectivity index (χ3n) is 4.72. The Morgan fingerprint density at radius 3 is 2.56 bits per heavy atom. The van der Waals surface area contributed by atoms with Gasteiger partial charge < -0.3 is 20.1 Å². The number of aliphatic imine (C=N–C) groups is 1. The number of guanidine groups is 1. The minimum absolute atomic E-state index is 0. The van der Waals surface area contributed by atoms with E-state index in [9.17, 15) is 8.78 Å². The molecule has 8 heteroatoms. The Morgan fingerprint density at radius 2 is 1.96 bits per heavy atom. The second-order valence-corrected chi connectivity index (χ2v) is 6.64. The molecule has 0 aliphatic heterocycles. The maximum atomic E-state index is 13.1. The number of rotatable bonds is 10. The summed E-state index contributed by atoms with van der Waals surface area (Å²) >= 11 is 0. The number of nitrogens with one attached hydrogen (secondary N) is 2. The van der Waals surface area contributed by atoms with Crippen molar-refractivity contribution in [1.82, 2.24) is 10.6 Å². The molecule has 5 nitrogen and oxygen atoms in total. The average molecular weight is 497 g/mol. The fraction of sp³-hybridized carbons (Fsp3) is 0.632. The van der Waals surface area contributed by atoms with Crippen LogP contribution in [0.3, 0.4) is 0 Å². The Hall–Kier alpha value is -1.16. The van der Waals surface area contributed by atoms with E-state index in [1.807, 2.05) is 6.92 Å². The van der Waals surface area contributed by atoms with E-state index in [4.69, 9.17) is 14.5 Å². The van der Waals surface area contributed by atoms with Gasteiger partial charge in [0.15, 0.2) is 17.6 Å². The van der Waals surface area contributed by atoms with Crippen LogP contribution in [0.4, 0.5) is 8.78 Å². The summed E-state index contributed by atoms with van der Waals surface area (Å²) in [6.07, 6.45) is 4.67. The minimum atomic E-state index is -0.910. The van der Waals surface area contributed by atoms with E-state index in [1.54, 1.807) is 7.11 Å². The van der Waals surface area contributed by atoms with Crippen molar-refractivity contribution in [2.24, 2.45) is 10.4 Å². The van der Waals surface area contributed by atoms with Gasteiger partial charge in [-0.05, 0) is 43.7 Å². The van der Waals surface area contributed by atoms with E-state index in [1.165, 1.54) is 25.3 Å². The Kier molecular flexibility index (Phi) is 10.9. The zero-order valence-electron chi connectivity index (χ0n) is 16.0. The first-order chi connectivity index (χ1) is 12.6. The lowest BCUT2D eigenvalue weighted by Gasteiger charge is -2.40. The molecule has 2 rings (SSSR count). The first-order valence-corrected chi connectivity index (χ1v) is 9.17. The Morgan fingerprint density at radius 1 is 1.19 bits per heavy atom. The summed E-state index contributed by atoms with van der Waals surface area (Å²) in [5, 5.41) is 6.43. The predicted octanol–water partition coefficient (Wildman–Crippen LogP) is 3.72. The molecule has 2 N–H and O–H groups in total. The van der Waals surface area contributed by atoms with Gasteiger partial charge in [0.05, 0.1) is 6.54 Å². The van der Waals surface area contributed by atoms with Crippen LogP contribution in [0, 0.1) is 17.0 Å². The van der Waals surface area contributed by atoms with Gasteiger partial charge in [-0.15, -0.1) is 24.0 Å². The second kappa shape index (κ2) is 12.3. The lowest BCUT2D eigenvalue weighted by molar-refractivity contribution is 0.0778. The van der Waals surface area contributed by atoms with Gasteiger partial charge in [-0.3, -0.25) is 4.99 Å². The van der Waals surface area contributed by atoms with Gasteiger partial charge in [0.1, 0.15) is 12.4 Å². The van der Waals surface area contributed by atoms with Crippen LogP contribution in [-0.4, -0.2) is 45.9 Å². The van der Waals surface area contributed by atoms with Crippen molar-refractivity contribution in [3.63, 3.8) is 0 Å². The number of ether oxygens (including phenoxy) is 2. The largest absolute Gasteiger partial charge is 0.492 e. The Bertz CT molecular complexity index is 598. The third-order valence-corrected chi connectivity index (χ3v) is 4.72. The van der Waals surface area contributed by atoms with Crippen molar-refractivity contribution < 1.29 is 18.3 Å². The highest BCUT2D eigenvalue weighted by Crippen LogP contribution is 2.44. The number of nitrogens with zero attached hydrogens (tertiary/aromatic N) is 1. The molecule has 0 radical (unpaired) electrons. The maximum absolute atomic E-state index is 13.1. The summed E-state index contributed by atoms with van der Waals surface area (Å²) in [6, 6.07) is 3.51. The second-order valence-electron chi connectivity index (χ2n) is 6.64. The van der Waals surface area contributed by atoms with Crippen LogP contribution < -0.4 is 15.4 Å². The van der Waals surface area contributed by atoms with Gasteiger partial charge in [0.25, 0.3) is 0 Å². The predicted molar refractivity (Wildman–Crippen MR) is 114 cm³/mol. The number of hydrogen-bond donors (Lipinski definition) is 2. The normalized spacial score (nSPS) is 15.5. The highest BCUT2D eigenvalue weighted by Gasteiger charge is 2.36. The quantitative estimate of drug-likeness (QED) is 0.224. The first-order valence-electron chi connectivity index (χ1n) is 9.17. The van der Waals surface area contributed by atoms with E-state index >= 15 is 0 Å². The summed E-state index contributed by atoms with van der Waals surface area (Å²) in [4.78, 5) is 4.70. The number of methoxy groups -OCH3 is 1. The molecule has 1 aromatic carbocycles. The summed E-state index contributed by atoms with van der Waals surface area (Å²) in [5.41, 5.74) is 0.264. The average Bonchev–Trinajstić information content (AvgIpc) is 2.60. The fourth-order valence-corrected chi connectivity index (χ4v) is 2.98. The molecule has 0 unspecified atom stereocenters. The summed E-state index contributed by atoms with van der Waals surface area (Å²) in [7, 11) is 1.73. The molecule has 0 amide bonds. The van der Waals surface area contributed by atoms with Crippen molar-refractivity contribution >= 4 is 29.9 Å². The molecule has 0 atom stereocenters. The standard InChI is InChI=1S/C19H29F2N3O2.HI/c1-3-22-18(24-14-19(7-4-8-19)9-11-25-2)23-10-12-26-15-5-6-16(20)17(21)13-15;/h5-6,13H,3-4,7-12,14H2,1-2H3,(H2,22,23,24);1H. The molecule has 1 aliphatic carbocycles. The Labute approximate surface area is 177 Å². The molecule has 1 saturated carbocycles. The van der Waals surface area contributed by atoms with E-state index in [0.717, 1.165) is 44.2 Å². The van der Waals surface area contributed by atoms with Crippen LogP contribution >= 0.6 is 24.0 Å². The fourth-order valence-electron chi connectivity index (χ4n) is 2.98. The van der Waals surface area contributed by atoms with Gasteiger partial charge in [-0.25, -0.2) is 8.78 Å². The monoisotopic (exact) mass is 497 g/mol. The van der Waals surface area contributed by atoms with Crippen molar-refractivity contribution in [2.75, 3.05) is 40.0 Å². The van der Waals surface area contributed by atoms with Gasteiger partial charge >= 0.3 is 0 Å². The van der Waals surface area contributed by atoms with Crippen LogP contribution in [-0.2, 0) is 4.74 Å². The van der Waals surface area contributed by atoms with Crippen LogP contribution in [0.5, 0.6) is 5.75 Å². The van der Waals surface area contributed by atoms with E-state index in [2.05, 4.69) is 10.6 Å². The van der Waals surface area contributed by atoms with Crippen LogP contribution in [0.2, 0.25) is 0 Å². The summed E-state index contributed by atoms with van der Waals surface area (Å²) in [6.45, 7) is 5.15. The molecule has 27 heavy (non-hydrogen) atoms. The maximum Gasteiger partial charge on any atom is 0.191 e. The number of halogens is 3. The van der Waals surface area contributed by atoms with E-state index in [0.29, 0.717) is 18.9 Å². The third kappa shape index (κ3) is 7.77. The molecule has 0 spiro atoms. The molecule has 1 aliphatic rings. The summed E-state index contributed by atoms with van der Waals surface area (Å²) in [5.74, 6) is -0.742. The lowest BCUT2D eigenvalue weighted by atomic mass is 9.67. The van der Waals surface area contributed by atoms with Crippen LogP contribution in [0.25, 0.3) is 0 Å². The van der Waals surface area contributed by atoms with E-state index in [-0.39, 0.29) is 29.4 Å². The van der Waals surface area contributed by atoms with Gasteiger partial charge in [-0.2, -0.15) is 0 Å². The first kappa shape index (κ1) is 23.9. The molecule has 0 heterocycles. The zero-order valence-corrected chi connectivity index (χ0v) is 18.4. The van der Waals surface area contributed by atoms with Gasteiger partial charge in [0.2, 0.25) is 0 Å². The molecule has 0 saturated heterocycles. The molecule has 1 fully saturated rings. The van der Waals surface area contributed by atoms with Crippen molar-refractivity contribution in [3.05, 3.63) is 29.8 Å². The SMILES string of the molecule is CCNC(=NCC1(CCOC)CCC1)NCCOc1ccc(F)c(F)c1.I. The van der Waals surface area contributed by atoms with Crippen LogP contribution in [0.15, 0.2) is 23.2 Å². The Balaban J connectivity index is 0.00000364. The highest BCUT2D eigenvalue weighted by atomic mass is 127. The van der Waals surface area contributed by atoms with Gasteiger partial charge in [-0.1, -0.05) is 6.42 Å². The van der Waals surface area contributed by atoms with E-state index < -0.39 is 11.6 Å². The van der Waals surface area contributed by atoms with Crippen LogP contribution in [0.1, 0.15) is 32.6 Å². The highest BCUT2D eigenvalue weighted by molar-refractivity contribution is 14.0. The smallest absolute Gasteiger partial charge is 0.191 e. The van der Waals surface area contributed by atoms with Crippen molar-refractivity contribution in [1.29, 1.82) is 0 Å². The molecular weight excluding hydrogens is 467 g/mol. The molecular formula is C19H30F2IN3O2. The van der Waals surface area contributed by atoms with Crippen molar-refractivity contribution in [3.8, 4) is 5.75 Å². The minimum Gasteiger partial charge on any atom is -0.492 e. The molecule has 0 aromatic heterocycles. The lowest BCUT2D eigenvalue weighted by Crippen LogP contribution is -2.41. The zero-order chi connectivity index (χ0) is 18.8.